The molecule has 32 heavy (non-hydrogen) atoms. The largest absolute Gasteiger partial charge is 0.381 e. The molecule has 7 N–H and O–H groups in total. The first kappa shape index (κ1) is 21.9. The van der Waals surface area contributed by atoms with Gasteiger partial charge in [0.2, 0.25) is 0 Å². The van der Waals surface area contributed by atoms with Crippen molar-refractivity contribution in [3.8, 4) is 0 Å². The first-order valence-corrected chi connectivity index (χ1v) is 11.4. The standard InChI is InChI=1S/C22H26N9P/c1-25-32(26-2)18-8-6-17(7-9-18)29-20-13-28-21(23)22(30-20)31(24)14-15-5-10-19-16(12-15)4-3-11-27-19/h3-13,25-26H,14,24H2,1-2H3,(H2,23,28)(H,29,30). The first-order valence-electron chi connectivity index (χ1n) is 10.1. The summed E-state index contributed by atoms with van der Waals surface area (Å²) < 4.78 is 0. The minimum Gasteiger partial charge on any atom is -0.381 e. The van der Waals surface area contributed by atoms with Gasteiger partial charge in [-0.15, -0.1) is 0 Å². The summed E-state index contributed by atoms with van der Waals surface area (Å²) in [5, 5.41) is 13.5. The Kier molecular flexibility index (Phi) is 6.72. The van der Waals surface area contributed by atoms with Gasteiger partial charge in [-0.2, -0.15) is 0 Å². The monoisotopic (exact) mass is 447 g/mol. The molecule has 4 aromatic rings. The predicted molar refractivity (Wildman–Crippen MR) is 133 cm³/mol. The second-order valence-electron chi connectivity index (χ2n) is 7.08. The Morgan fingerprint density at radius 2 is 1.78 bits per heavy atom. The third kappa shape index (κ3) is 4.92. The zero-order chi connectivity index (χ0) is 22.5. The van der Waals surface area contributed by atoms with Gasteiger partial charge in [-0.3, -0.25) is 20.2 Å². The van der Waals surface area contributed by atoms with Crippen LogP contribution in [-0.4, -0.2) is 29.0 Å². The first-order chi connectivity index (χ1) is 15.6. The number of pyridine rings is 1. The molecule has 9 nitrogen and oxygen atoms in total. The van der Waals surface area contributed by atoms with Gasteiger partial charge in [-0.05, 0) is 62.1 Å². The third-order valence-corrected chi connectivity index (χ3v) is 6.63. The second-order valence-corrected chi connectivity index (χ2v) is 9.16. The average molecular weight is 447 g/mol. The number of nitrogens with zero attached hydrogens (tertiary/aromatic N) is 4. The van der Waals surface area contributed by atoms with E-state index < -0.39 is 8.22 Å². The quantitative estimate of drug-likeness (QED) is 0.157. The lowest BCUT2D eigenvalue weighted by Gasteiger charge is -2.20. The molecule has 0 unspecified atom stereocenters. The highest BCUT2D eigenvalue weighted by Gasteiger charge is 2.12. The molecule has 0 spiro atoms. The number of nitrogen functional groups attached to an aromatic ring is 1. The molecular formula is C22H26N9P. The molecule has 0 saturated carbocycles. The molecule has 0 fully saturated rings. The average Bonchev–Trinajstić information content (AvgIpc) is 2.82. The van der Waals surface area contributed by atoms with Crippen LogP contribution in [0, 0.1) is 0 Å². The van der Waals surface area contributed by atoms with Crippen LogP contribution in [0.1, 0.15) is 5.56 Å². The molecule has 0 amide bonds. The highest BCUT2D eigenvalue weighted by Crippen LogP contribution is 2.25. The number of nitrogens with one attached hydrogen (secondary N) is 3. The van der Waals surface area contributed by atoms with E-state index in [1.807, 2.05) is 50.5 Å². The van der Waals surface area contributed by atoms with Crippen molar-refractivity contribution in [1.29, 1.82) is 0 Å². The van der Waals surface area contributed by atoms with Crippen molar-refractivity contribution in [2.75, 3.05) is 30.2 Å². The number of aromatic nitrogens is 3. The van der Waals surface area contributed by atoms with E-state index in [1.54, 1.807) is 12.4 Å². The number of hydrogen-bond donors (Lipinski definition) is 5. The Morgan fingerprint density at radius 1 is 1.00 bits per heavy atom. The lowest BCUT2D eigenvalue weighted by atomic mass is 10.1. The zero-order valence-corrected chi connectivity index (χ0v) is 18.8. The van der Waals surface area contributed by atoms with Crippen molar-refractivity contribution in [2.45, 2.75) is 6.54 Å². The van der Waals surface area contributed by atoms with Gasteiger partial charge in [-0.1, -0.05) is 12.1 Å². The molecule has 2 aromatic heterocycles. The van der Waals surface area contributed by atoms with Crippen molar-refractivity contribution in [2.24, 2.45) is 5.84 Å². The van der Waals surface area contributed by atoms with Gasteiger partial charge in [0.05, 0.1) is 26.5 Å². The van der Waals surface area contributed by atoms with Crippen LogP contribution in [0.15, 0.2) is 67.0 Å². The molecular weight excluding hydrogens is 421 g/mol. The summed E-state index contributed by atoms with van der Waals surface area (Å²) in [7, 11) is 3.30. The van der Waals surface area contributed by atoms with E-state index in [4.69, 9.17) is 11.6 Å². The fraction of sp³-hybridized carbons (Fsp3) is 0.136. The van der Waals surface area contributed by atoms with E-state index in [1.165, 1.54) is 10.3 Å². The van der Waals surface area contributed by atoms with Gasteiger partial charge in [0.25, 0.3) is 0 Å². The molecule has 0 radical (unpaired) electrons. The Morgan fingerprint density at radius 3 is 2.53 bits per heavy atom. The molecule has 0 aliphatic heterocycles. The van der Waals surface area contributed by atoms with Gasteiger partial charge >= 0.3 is 0 Å². The van der Waals surface area contributed by atoms with Crippen molar-refractivity contribution in [3.63, 3.8) is 0 Å². The van der Waals surface area contributed by atoms with Gasteiger partial charge < -0.3 is 11.1 Å². The smallest absolute Gasteiger partial charge is 0.188 e. The van der Waals surface area contributed by atoms with Gasteiger partial charge in [-0.25, -0.2) is 15.8 Å². The summed E-state index contributed by atoms with van der Waals surface area (Å²) in [6, 6.07) is 18.1. The molecule has 2 aromatic carbocycles. The fourth-order valence-electron chi connectivity index (χ4n) is 3.37. The van der Waals surface area contributed by atoms with Crippen LogP contribution in [-0.2, 0) is 6.54 Å². The zero-order valence-electron chi connectivity index (χ0n) is 17.9. The Labute approximate surface area is 188 Å². The molecule has 0 aliphatic carbocycles. The van der Waals surface area contributed by atoms with Crippen LogP contribution in [0.25, 0.3) is 10.9 Å². The van der Waals surface area contributed by atoms with Gasteiger partial charge in [0, 0.05) is 22.6 Å². The van der Waals surface area contributed by atoms with Crippen molar-refractivity contribution in [1.82, 2.24) is 25.1 Å². The highest BCUT2D eigenvalue weighted by molar-refractivity contribution is 7.61. The summed E-state index contributed by atoms with van der Waals surface area (Å²) in [6.07, 6.45) is 3.37. The van der Waals surface area contributed by atoms with Crippen LogP contribution in [0.3, 0.4) is 0 Å². The maximum Gasteiger partial charge on any atom is 0.188 e. The van der Waals surface area contributed by atoms with E-state index >= 15 is 0 Å². The van der Waals surface area contributed by atoms with Crippen LogP contribution in [0.4, 0.5) is 23.1 Å². The van der Waals surface area contributed by atoms with E-state index in [-0.39, 0.29) is 5.82 Å². The van der Waals surface area contributed by atoms with Crippen LogP contribution < -0.4 is 37.4 Å². The molecule has 10 heteroatoms. The summed E-state index contributed by atoms with van der Waals surface area (Å²) in [4.78, 5) is 13.2. The molecule has 0 aliphatic rings. The number of benzene rings is 2. The minimum atomic E-state index is -0.576. The Hall–Kier alpha value is -3.36. The molecule has 0 saturated heterocycles. The van der Waals surface area contributed by atoms with Crippen molar-refractivity contribution in [3.05, 3.63) is 72.6 Å². The third-order valence-electron chi connectivity index (χ3n) is 4.92. The van der Waals surface area contributed by atoms with E-state index in [2.05, 4.69) is 48.6 Å². The van der Waals surface area contributed by atoms with Crippen LogP contribution in [0.5, 0.6) is 0 Å². The fourth-order valence-corrected chi connectivity index (χ4v) is 4.55. The number of anilines is 4. The van der Waals surface area contributed by atoms with E-state index in [9.17, 15) is 0 Å². The summed E-state index contributed by atoms with van der Waals surface area (Å²) in [5.74, 6) is 7.55. The van der Waals surface area contributed by atoms with Gasteiger partial charge in [0.15, 0.2) is 17.5 Å². The summed E-state index contributed by atoms with van der Waals surface area (Å²) >= 11 is 0. The normalized spacial score (nSPS) is 11.1. The number of fused-ring (bicyclic) bond motifs is 1. The SMILES string of the molecule is CNP(NC)c1ccc(Nc2cnc(N)c(N(N)Cc3ccc4ncccc4c3)n2)cc1. The van der Waals surface area contributed by atoms with E-state index in [0.717, 1.165) is 22.2 Å². The van der Waals surface area contributed by atoms with Crippen LogP contribution >= 0.6 is 8.22 Å². The Bertz CT molecular complexity index is 1200. The predicted octanol–water partition coefficient (Wildman–Crippen LogP) is 2.61. The van der Waals surface area contributed by atoms with Crippen molar-refractivity contribution < 1.29 is 0 Å². The number of hydrazine groups is 1. The molecule has 4 rings (SSSR count). The van der Waals surface area contributed by atoms with E-state index in [0.29, 0.717) is 18.2 Å². The highest BCUT2D eigenvalue weighted by atomic mass is 31.1. The molecule has 0 atom stereocenters. The Balaban J connectivity index is 1.50. The summed E-state index contributed by atoms with van der Waals surface area (Å²) in [6.45, 7) is 0.430. The molecule has 0 bridgehead atoms. The van der Waals surface area contributed by atoms with Gasteiger partial charge in [0.1, 0.15) is 0 Å². The maximum atomic E-state index is 6.31. The lowest BCUT2D eigenvalue weighted by molar-refractivity contribution is 0.831. The maximum absolute atomic E-state index is 6.31. The van der Waals surface area contributed by atoms with Crippen LogP contribution in [0.2, 0.25) is 0 Å². The molecule has 164 valence electrons. The summed E-state index contributed by atoms with van der Waals surface area (Å²) in [5.41, 5.74) is 8.92. The number of rotatable bonds is 8. The molecule has 2 heterocycles. The second kappa shape index (κ2) is 9.84. The lowest BCUT2D eigenvalue weighted by Crippen LogP contribution is -2.32. The minimum absolute atomic E-state index is 0.268. The topological polar surface area (TPSA) is 130 Å². The number of hydrogen-bond acceptors (Lipinski definition) is 9. The number of nitrogens with two attached hydrogens (primary N) is 2. The van der Waals surface area contributed by atoms with Crippen molar-refractivity contribution >= 4 is 47.6 Å².